The van der Waals surface area contributed by atoms with E-state index in [0.717, 1.165) is 11.7 Å². The number of hydrogen-bond donors (Lipinski definition) is 1. The summed E-state index contributed by atoms with van der Waals surface area (Å²) in [5, 5.41) is 9.96. The lowest BCUT2D eigenvalue weighted by atomic mass is 10.2. The molecule has 0 aliphatic carbocycles. The molecule has 0 atom stereocenters. The van der Waals surface area contributed by atoms with E-state index in [2.05, 4.69) is 37.6 Å². The second kappa shape index (κ2) is 6.86. The van der Waals surface area contributed by atoms with Crippen LogP contribution >= 0.6 is 11.3 Å². The van der Waals surface area contributed by atoms with E-state index >= 15 is 0 Å². The van der Waals surface area contributed by atoms with Crippen LogP contribution in [0.2, 0.25) is 0 Å². The first kappa shape index (κ1) is 15.9. The van der Waals surface area contributed by atoms with Crippen molar-refractivity contribution in [1.82, 2.24) is 4.98 Å². The molecule has 0 saturated heterocycles. The van der Waals surface area contributed by atoms with Crippen LogP contribution in [0.3, 0.4) is 0 Å². The number of ether oxygens (including phenoxy) is 1. The van der Waals surface area contributed by atoms with Gasteiger partial charge in [-0.15, -0.1) is 0 Å². The zero-order chi connectivity index (χ0) is 14.6. The highest BCUT2D eigenvalue weighted by Gasteiger charge is 2.22. The maximum Gasteiger partial charge on any atom is 0.347 e. The number of anilines is 1. The van der Waals surface area contributed by atoms with Gasteiger partial charge in [-0.3, -0.25) is 0 Å². The van der Waals surface area contributed by atoms with Gasteiger partial charge in [-0.2, -0.15) is 0 Å². The number of aromatic carboxylic acids is 1. The second-order valence-electron chi connectivity index (χ2n) is 5.15. The van der Waals surface area contributed by atoms with Crippen LogP contribution in [0.5, 0.6) is 0 Å². The fourth-order valence-corrected chi connectivity index (χ4v) is 2.82. The number of thiazole rings is 1. The molecule has 1 aromatic rings. The summed E-state index contributed by atoms with van der Waals surface area (Å²) in [5.41, 5.74) is 0.504. The SMILES string of the molecule is COCc1nc(N(CC(C)C)C(C)C)sc1C(=O)O. The van der Waals surface area contributed by atoms with Crippen LogP contribution in [0.4, 0.5) is 5.13 Å². The van der Waals surface area contributed by atoms with Gasteiger partial charge in [-0.05, 0) is 19.8 Å². The van der Waals surface area contributed by atoms with E-state index < -0.39 is 5.97 Å². The fraction of sp³-hybridized carbons (Fsp3) is 0.692. The lowest BCUT2D eigenvalue weighted by molar-refractivity contribution is 0.0697. The van der Waals surface area contributed by atoms with Crippen molar-refractivity contribution in [3.63, 3.8) is 0 Å². The van der Waals surface area contributed by atoms with E-state index in [1.165, 1.54) is 11.3 Å². The van der Waals surface area contributed by atoms with Gasteiger partial charge in [0.2, 0.25) is 0 Å². The third kappa shape index (κ3) is 4.18. The third-order valence-corrected chi connectivity index (χ3v) is 3.71. The standard InChI is InChI=1S/C13H22N2O3S/c1-8(2)6-15(9(3)4)13-14-10(7-18-5)11(19-13)12(16)17/h8-9H,6-7H2,1-5H3,(H,16,17). The molecule has 19 heavy (non-hydrogen) atoms. The third-order valence-electron chi connectivity index (χ3n) is 2.59. The second-order valence-corrected chi connectivity index (χ2v) is 6.13. The molecular formula is C13H22N2O3S. The summed E-state index contributed by atoms with van der Waals surface area (Å²) in [6.45, 7) is 9.52. The molecule has 0 spiro atoms. The Kier molecular flexibility index (Phi) is 5.75. The topological polar surface area (TPSA) is 62.7 Å². The van der Waals surface area contributed by atoms with Gasteiger partial charge in [0.15, 0.2) is 5.13 Å². The van der Waals surface area contributed by atoms with Crippen LogP contribution in [0.15, 0.2) is 0 Å². The van der Waals surface area contributed by atoms with Gasteiger partial charge in [0.1, 0.15) is 4.88 Å². The first-order chi connectivity index (χ1) is 8.86. The predicted molar refractivity (Wildman–Crippen MR) is 77.1 cm³/mol. The molecule has 0 unspecified atom stereocenters. The molecule has 6 heteroatoms. The summed E-state index contributed by atoms with van der Waals surface area (Å²) in [5.74, 6) is -0.450. The van der Waals surface area contributed by atoms with Gasteiger partial charge in [-0.1, -0.05) is 25.2 Å². The molecule has 1 rings (SSSR count). The Morgan fingerprint density at radius 3 is 2.47 bits per heavy atom. The number of carboxylic acid groups (broad SMARTS) is 1. The minimum atomic E-state index is -0.941. The lowest BCUT2D eigenvalue weighted by Gasteiger charge is -2.27. The average molecular weight is 286 g/mol. The highest BCUT2D eigenvalue weighted by Crippen LogP contribution is 2.29. The van der Waals surface area contributed by atoms with Crippen molar-refractivity contribution in [2.75, 3.05) is 18.6 Å². The van der Waals surface area contributed by atoms with Crippen LogP contribution < -0.4 is 4.90 Å². The van der Waals surface area contributed by atoms with Crippen LogP contribution in [0, 0.1) is 5.92 Å². The molecule has 0 aliphatic rings. The zero-order valence-electron chi connectivity index (χ0n) is 12.1. The van der Waals surface area contributed by atoms with Gasteiger partial charge < -0.3 is 14.7 Å². The van der Waals surface area contributed by atoms with Gasteiger partial charge in [0.05, 0.1) is 12.3 Å². The quantitative estimate of drug-likeness (QED) is 0.835. The Balaban J connectivity index is 3.10. The molecule has 0 saturated carbocycles. The Hall–Kier alpha value is -1.14. The minimum absolute atomic E-state index is 0.228. The highest BCUT2D eigenvalue weighted by atomic mass is 32.1. The van der Waals surface area contributed by atoms with E-state index in [1.807, 2.05) is 0 Å². The van der Waals surface area contributed by atoms with Crippen LogP contribution in [0.1, 0.15) is 43.1 Å². The summed E-state index contributed by atoms with van der Waals surface area (Å²) >= 11 is 1.22. The first-order valence-corrected chi connectivity index (χ1v) is 7.17. The fourth-order valence-electron chi connectivity index (χ4n) is 1.77. The van der Waals surface area contributed by atoms with Crippen molar-refractivity contribution in [3.8, 4) is 0 Å². The number of hydrogen-bond acceptors (Lipinski definition) is 5. The minimum Gasteiger partial charge on any atom is -0.477 e. The van der Waals surface area contributed by atoms with E-state index in [1.54, 1.807) is 7.11 Å². The molecule has 0 fully saturated rings. The summed E-state index contributed by atoms with van der Waals surface area (Å²) in [4.78, 5) is 18.1. The normalized spacial score (nSPS) is 11.3. The zero-order valence-corrected chi connectivity index (χ0v) is 13.0. The molecule has 108 valence electrons. The molecule has 0 bridgehead atoms. The lowest BCUT2D eigenvalue weighted by Crippen LogP contribution is -2.34. The van der Waals surface area contributed by atoms with Crippen molar-refractivity contribution in [1.29, 1.82) is 0 Å². The highest BCUT2D eigenvalue weighted by molar-refractivity contribution is 7.17. The summed E-state index contributed by atoms with van der Waals surface area (Å²) in [6.07, 6.45) is 0. The van der Waals surface area contributed by atoms with Crippen molar-refractivity contribution in [2.24, 2.45) is 5.92 Å². The van der Waals surface area contributed by atoms with Crippen molar-refractivity contribution in [2.45, 2.75) is 40.3 Å². The number of rotatable bonds is 7. The Morgan fingerprint density at radius 1 is 1.42 bits per heavy atom. The molecule has 1 heterocycles. The smallest absolute Gasteiger partial charge is 0.347 e. The number of carbonyl (C=O) groups is 1. The Bertz CT molecular complexity index is 430. The van der Waals surface area contributed by atoms with Gasteiger partial charge in [0.25, 0.3) is 0 Å². The van der Waals surface area contributed by atoms with Crippen LogP contribution in [-0.2, 0) is 11.3 Å². The van der Waals surface area contributed by atoms with Gasteiger partial charge in [-0.25, -0.2) is 9.78 Å². The molecule has 0 aliphatic heterocycles. The molecule has 5 nitrogen and oxygen atoms in total. The molecule has 1 aromatic heterocycles. The van der Waals surface area contributed by atoms with Crippen molar-refractivity contribution >= 4 is 22.4 Å². The summed E-state index contributed by atoms with van der Waals surface area (Å²) < 4.78 is 5.02. The molecular weight excluding hydrogens is 264 g/mol. The van der Waals surface area contributed by atoms with Crippen LogP contribution in [-0.4, -0.2) is 35.8 Å². The van der Waals surface area contributed by atoms with Crippen LogP contribution in [0.25, 0.3) is 0 Å². The predicted octanol–water partition coefficient (Wildman–Crippen LogP) is 2.86. The number of carboxylic acids is 1. The average Bonchev–Trinajstić information content (AvgIpc) is 2.69. The number of methoxy groups -OCH3 is 1. The number of nitrogens with zero attached hydrogens (tertiary/aromatic N) is 2. The maximum atomic E-state index is 11.2. The molecule has 0 radical (unpaired) electrons. The van der Waals surface area contributed by atoms with E-state index in [4.69, 9.17) is 4.74 Å². The van der Waals surface area contributed by atoms with Crippen molar-refractivity contribution in [3.05, 3.63) is 10.6 Å². The maximum absolute atomic E-state index is 11.2. The van der Waals surface area contributed by atoms with E-state index in [0.29, 0.717) is 11.6 Å². The Morgan fingerprint density at radius 2 is 2.05 bits per heavy atom. The monoisotopic (exact) mass is 286 g/mol. The van der Waals surface area contributed by atoms with Crippen molar-refractivity contribution < 1.29 is 14.6 Å². The summed E-state index contributed by atoms with van der Waals surface area (Å²) in [6, 6.07) is 0.283. The summed E-state index contributed by atoms with van der Waals surface area (Å²) in [7, 11) is 1.54. The largest absolute Gasteiger partial charge is 0.477 e. The molecule has 1 N–H and O–H groups in total. The van der Waals surface area contributed by atoms with Gasteiger partial charge >= 0.3 is 5.97 Å². The Labute approximate surface area is 118 Å². The van der Waals surface area contributed by atoms with E-state index in [9.17, 15) is 9.90 Å². The van der Waals surface area contributed by atoms with E-state index in [-0.39, 0.29) is 17.5 Å². The van der Waals surface area contributed by atoms with Gasteiger partial charge in [0, 0.05) is 19.7 Å². The molecule has 0 amide bonds. The first-order valence-electron chi connectivity index (χ1n) is 6.35. The molecule has 0 aromatic carbocycles. The number of aromatic nitrogens is 1.